The first-order valence-corrected chi connectivity index (χ1v) is 6.69. The van der Waals surface area contributed by atoms with Gasteiger partial charge in [0.25, 0.3) is 5.69 Å². The summed E-state index contributed by atoms with van der Waals surface area (Å²) in [5, 5.41) is 24.2. The first-order valence-electron chi connectivity index (χ1n) is 5.81. The van der Waals surface area contributed by atoms with E-state index in [1.807, 2.05) is 6.07 Å². The molecule has 2 aromatic rings. The highest BCUT2D eigenvalue weighted by molar-refractivity contribution is 7.14. The van der Waals surface area contributed by atoms with Gasteiger partial charge in [-0.25, -0.2) is 0 Å². The molecule has 6 nitrogen and oxygen atoms in total. The van der Waals surface area contributed by atoms with Crippen molar-refractivity contribution in [2.45, 2.75) is 0 Å². The van der Waals surface area contributed by atoms with Gasteiger partial charge in [0, 0.05) is 18.2 Å². The normalized spacial score (nSPS) is 10.2. The van der Waals surface area contributed by atoms with Gasteiger partial charge in [0.05, 0.1) is 10.5 Å². The maximum Gasteiger partial charge on any atom is 0.269 e. The molecule has 1 heterocycles. The van der Waals surface area contributed by atoms with Crippen LogP contribution in [0.1, 0.15) is 11.1 Å². The highest BCUT2D eigenvalue weighted by atomic mass is 32.1. The van der Waals surface area contributed by atoms with Gasteiger partial charge in [-0.2, -0.15) is 5.26 Å². The van der Waals surface area contributed by atoms with Gasteiger partial charge in [-0.05, 0) is 35.2 Å². The van der Waals surface area contributed by atoms with Gasteiger partial charge >= 0.3 is 0 Å². The molecule has 0 aliphatic heterocycles. The van der Waals surface area contributed by atoms with Crippen molar-refractivity contribution in [3.8, 4) is 6.07 Å². The molecule has 0 saturated heterocycles. The third kappa shape index (κ3) is 3.75. The molecule has 7 heteroatoms. The topological polar surface area (TPSA) is 96.0 Å². The van der Waals surface area contributed by atoms with Gasteiger partial charge in [-0.15, -0.1) is 11.3 Å². The van der Waals surface area contributed by atoms with Gasteiger partial charge in [-0.1, -0.05) is 0 Å². The van der Waals surface area contributed by atoms with Gasteiger partial charge in [-0.3, -0.25) is 14.9 Å². The predicted molar refractivity (Wildman–Crippen MR) is 79.8 cm³/mol. The maximum absolute atomic E-state index is 11.7. The minimum Gasteiger partial charge on any atom is -0.313 e. The Hall–Kier alpha value is -2.98. The number of amides is 1. The van der Waals surface area contributed by atoms with E-state index in [2.05, 4.69) is 5.32 Å². The van der Waals surface area contributed by atoms with E-state index in [4.69, 9.17) is 5.26 Å². The van der Waals surface area contributed by atoms with Crippen molar-refractivity contribution in [2.75, 3.05) is 5.32 Å². The highest BCUT2D eigenvalue weighted by Gasteiger charge is 2.06. The van der Waals surface area contributed by atoms with Crippen LogP contribution in [0, 0.1) is 21.4 Å². The highest BCUT2D eigenvalue weighted by Crippen LogP contribution is 2.22. The fourth-order valence-corrected chi connectivity index (χ4v) is 2.27. The monoisotopic (exact) mass is 299 g/mol. The lowest BCUT2D eigenvalue weighted by atomic mass is 10.2. The molecule has 1 aromatic heterocycles. The number of anilines is 1. The SMILES string of the molecule is N#Cc1ccsc1NC(=O)/C=C\c1ccc([N+](=O)[O-])cc1. The molecule has 0 atom stereocenters. The second-order valence-corrected chi connectivity index (χ2v) is 4.86. The molecule has 0 unspecified atom stereocenters. The Morgan fingerprint density at radius 1 is 1.33 bits per heavy atom. The summed E-state index contributed by atoms with van der Waals surface area (Å²) in [6.07, 6.45) is 2.85. The first kappa shape index (κ1) is 14.4. The van der Waals surface area contributed by atoms with Crippen LogP contribution in [0.2, 0.25) is 0 Å². The average molecular weight is 299 g/mol. The average Bonchev–Trinajstić information content (AvgIpc) is 2.92. The Labute approximate surface area is 124 Å². The molecule has 1 N–H and O–H groups in total. The summed E-state index contributed by atoms with van der Waals surface area (Å²) in [4.78, 5) is 21.7. The first-order chi connectivity index (χ1) is 10.1. The van der Waals surface area contributed by atoms with Crippen molar-refractivity contribution in [1.82, 2.24) is 0 Å². The molecule has 0 aliphatic carbocycles. The quantitative estimate of drug-likeness (QED) is 0.532. The summed E-state index contributed by atoms with van der Waals surface area (Å²) in [6, 6.07) is 9.43. The van der Waals surface area contributed by atoms with Gasteiger partial charge in [0.15, 0.2) is 0 Å². The van der Waals surface area contributed by atoms with Crippen LogP contribution < -0.4 is 5.32 Å². The van der Waals surface area contributed by atoms with Crippen LogP contribution >= 0.6 is 11.3 Å². The van der Waals surface area contributed by atoms with E-state index in [1.165, 1.54) is 29.5 Å². The fourth-order valence-electron chi connectivity index (χ4n) is 1.53. The van der Waals surface area contributed by atoms with E-state index >= 15 is 0 Å². The number of rotatable bonds is 4. The predicted octanol–water partition coefficient (Wildman–Crippen LogP) is 3.18. The zero-order chi connectivity index (χ0) is 15.2. The van der Waals surface area contributed by atoms with Crippen LogP contribution in [-0.2, 0) is 4.79 Å². The molecule has 21 heavy (non-hydrogen) atoms. The molecule has 0 aliphatic rings. The van der Waals surface area contributed by atoms with Crippen LogP contribution in [-0.4, -0.2) is 10.8 Å². The smallest absolute Gasteiger partial charge is 0.269 e. The summed E-state index contributed by atoms with van der Waals surface area (Å²) < 4.78 is 0. The lowest BCUT2D eigenvalue weighted by molar-refractivity contribution is -0.384. The summed E-state index contributed by atoms with van der Waals surface area (Å²) in [7, 11) is 0. The van der Waals surface area contributed by atoms with Gasteiger partial charge in [0.1, 0.15) is 11.1 Å². The number of benzene rings is 1. The third-order valence-electron chi connectivity index (χ3n) is 2.55. The Balaban J connectivity index is 2.02. The molecule has 1 amide bonds. The Bertz CT molecular complexity index is 742. The number of thiophene rings is 1. The summed E-state index contributed by atoms with van der Waals surface area (Å²) >= 11 is 1.27. The number of hydrogen-bond acceptors (Lipinski definition) is 5. The van der Waals surface area contributed by atoms with Crippen LogP contribution in [0.3, 0.4) is 0 Å². The van der Waals surface area contributed by atoms with Crippen LogP contribution in [0.25, 0.3) is 6.08 Å². The number of nitro benzene ring substituents is 1. The summed E-state index contributed by atoms with van der Waals surface area (Å²) in [5.41, 5.74) is 1.08. The van der Waals surface area contributed by atoms with E-state index in [0.29, 0.717) is 16.1 Å². The number of carbonyl (C=O) groups is 1. The van der Waals surface area contributed by atoms with E-state index in [-0.39, 0.29) is 11.6 Å². The fraction of sp³-hybridized carbons (Fsp3) is 0. The number of nitrogens with zero attached hydrogens (tertiary/aromatic N) is 2. The zero-order valence-electron chi connectivity index (χ0n) is 10.6. The van der Waals surface area contributed by atoms with Crippen molar-refractivity contribution in [3.05, 3.63) is 63.0 Å². The molecule has 0 spiro atoms. The third-order valence-corrected chi connectivity index (χ3v) is 3.38. The maximum atomic E-state index is 11.7. The minimum atomic E-state index is -0.486. The van der Waals surface area contributed by atoms with E-state index in [9.17, 15) is 14.9 Å². The standard InChI is InChI=1S/C14H9N3O3S/c15-9-11-7-8-21-14(11)16-13(18)6-3-10-1-4-12(5-2-10)17(19)20/h1-8H,(H,16,18)/b6-3-. The number of non-ortho nitro benzene ring substituents is 1. The lowest BCUT2D eigenvalue weighted by Gasteiger charge is -1.98. The Kier molecular flexibility index (Phi) is 4.43. The van der Waals surface area contributed by atoms with Crippen molar-refractivity contribution in [3.63, 3.8) is 0 Å². The summed E-state index contributed by atoms with van der Waals surface area (Å²) in [6.45, 7) is 0. The molecular formula is C14H9N3O3S. The second-order valence-electron chi connectivity index (χ2n) is 3.95. The molecule has 1 aromatic carbocycles. The van der Waals surface area contributed by atoms with E-state index in [0.717, 1.165) is 0 Å². The van der Waals surface area contributed by atoms with Crippen LogP contribution in [0.4, 0.5) is 10.7 Å². The van der Waals surface area contributed by atoms with Crippen LogP contribution in [0.15, 0.2) is 41.8 Å². The number of nitro groups is 1. The number of hydrogen-bond donors (Lipinski definition) is 1. The lowest BCUT2D eigenvalue weighted by Crippen LogP contribution is -2.07. The van der Waals surface area contributed by atoms with E-state index in [1.54, 1.807) is 29.7 Å². The second kappa shape index (κ2) is 6.45. The van der Waals surface area contributed by atoms with Crippen LogP contribution in [0.5, 0.6) is 0 Å². The molecule has 104 valence electrons. The molecule has 2 rings (SSSR count). The number of nitriles is 1. The largest absolute Gasteiger partial charge is 0.313 e. The molecule has 0 radical (unpaired) electrons. The Morgan fingerprint density at radius 2 is 2.05 bits per heavy atom. The molecule has 0 fully saturated rings. The molecule has 0 saturated carbocycles. The zero-order valence-corrected chi connectivity index (χ0v) is 11.5. The van der Waals surface area contributed by atoms with Gasteiger partial charge < -0.3 is 5.32 Å². The number of carbonyl (C=O) groups excluding carboxylic acids is 1. The van der Waals surface area contributed by atoms with Crippen molar-refractivity contribution in [1.29, 1.82) is 5.26 Å². The number of nitrogens with one attached hydrogen (secondary N) is 1. The van der Waals surface area contributed by atoms with Crippen molar-refractivity contribution >= 4 is 34.0 Å². The van der Waals surface area contributed by atoms with E-state index < -0.39 is 4.92 Å². The molecular weight excluding hydrogens is 290 g/mol. The molecule has 0 bridgehead atoms. The van der Waals surface area contributed by atoms with Crippen molar-refractivity contribution in [2.24, 2.45) is 0 Å². The van der Waals surface area contributed by atoms with Crippen molar-refractivity contribution < 1.29 is 9.72 Å². The Morgan fingerprint density at radius 3 is 2.67 bits per heavy atom. The van der Waals surface area contributed by atoms with Gasteiger partial charge in [0.2, 0.25) is 5.91 Å². The summed E-state index contributed by atoms with van der Waals surface area (Å²) in [5.74, 6) is -0.368. The minimum absolute atomic E-state index is 0.00570.